The fourth-order valence-electron chi connectivity index (χ4n) is 3.55. The van der Waals surface area contributed by atoms with Gasteiger partial charge < -0.3 is 14.2 Å². The quantitative estimate of drug-likeness (QED) is 0.250. The van der Waals surface area contributed by atoms with Crippen LogP contribution in [0.4, 0.5) is 4.39 Å². The lowest BCUT2D eigenvalue weighted by Crippen LogP contribution is -2.18. The first-order valence-corrected chi connectivity index (χ1v) is 11.1. The highest BCUT2D eigenvalue weighted by atomic mass is 19.1. The number of benzene rings is 4. The number of amides is 1. The van der Waals surface area contributed by atoms with Gasteiger partial charge in [-0.2, -0.15) is 5.10 Å². The van der Waals surface area contributed by atoms with Crippen LogP contribution in [0.15, 0.2) is 84.0 Å². The molecule has 0 atom stereocenters. The SMILES string of the molecule is CCOc1cc(C=NNC(=O)c2cc3ccccc3cc2OC)ccc1OCc1ccccc1F. The number of halogens is 1. The van der Waals surface area contributed by atoms with Gasteiger partial charge in [0.1, 0.15) is 18.2 Å². The van der Waals surface area contributed by atoms with Crippen molar-refractivity contribution < 1.29 is 23.4 Å². The monoisotopic (exact) mass is 472 g/mol. The number of hydrogen-bond donors (Lipinski definition) is 1. The number of ether oxygens (including phenoxy) is 3. The molecule has 7 heteroatoms. The smallest absolute Gasteiger partial charge is 0.275 e. The number of hydrazone groups is 1. The molecule has 0 bridgehead atoms. The molecule has 1 amide bonds. The van der Waals surface area contributed by atoms with Crippen molar-refractivity contribution in [3.05, 3.63) is 101 Å². The van der Waals surface area contributed by atoms with E-state index in [1.54, 1.807) is 42.5 Å². The maximum atomic E-state index is 13.9. The molecular formula is C28H25FN2O4. The van der Waals surface area contributed by atoms with E-state index in [1.807, 2.05) is 37.3 Å². The Morgan fingerprint density at radius 3 is 2.40 bits per heavy atom. The highest BCUT2D eigenvalue weighted by Gasteiger charge is 2.13. The molecule has 0 aliphatic carbocycles. The molecule has 4 aromatic rings. The van der Waals surface area contributed by atoms with Gasteiger partial charge in [-0.15, -0.1) is 0 Å². The maximum absolute atomic E-state index is 13.9. The number of hydrogen-bond acceptors (Lipinski definition) is 5. The van der Waals surface area contributed by atoms with Crippen molar-refractivity contribution in [3.63, 3.8) is 0 Å². The summed E-state index contributed by atoms with van der Waals surface area (Å²) in [5.74, 6) is 0.727. The van der Waals surface area contributed by atoms with Crippen molar-refractivity contribution >= 4 is 22.9 Å². The van der Waals surface area contributed by atoms with Crippen molar-refractivity contribution in [3.8, 4) is 17.2 Å². The zero-order valence-electron chi connectivity index (χ0n) is 19.5. The Balaban J connectivity index is 1.47. The number of nitrogens with zero attached hydrogens (tertiary/aromatic N) is 1. The summed E-state index contributed by atoms with van der Waals surface area (Å²) in [6.45, 7) is 2.36. The molecule has 1 N–H and O–H groups in total. The predicted molar refractivity (Wildman–Crippen MR) is 134 cm³/mol. The fourth-order valence-corrected chi connectivity index (χ4v) is 3.55. The summed E-state index contributed by atoms with van der Waals surface area (Å²) in [6.07, 6.45) is 1.51. The molecule has 0 aromatic heterocycles. The topological polar surface area (TPSA) is 69.2 Å². The van der Waals surface area contributed by atoms with Gasteiger partial charge in [0, 0.05) is 5.56 Å². The molecule has 0 saturated carbocycles. The molecule has 178 valence electrons. The second-order valence-electron chi connectivity index (χ2n) is 7.62. The van der Waals surface area contributed by atoms with Gasteiger partial charge in [0.25, 0.3) is 5.91 Å². The summed E-state index contributed by atoms with van der Waals surface area (Å²) in [5, 5.41) is 5.99. The highest BCUT2D eigenvalue weighted by molar-refractivity contribution is 6.02. The molecule has 6 nitrogen and oxygen atoms in total. The van der Waals surface area contributed by atoms with E-state index < -0.39 is 5.91 Å². The highest BCUT2D eigenvalue weighted by Crippen LogP contribution is 2.29. The molecule has 0 spiro atoms. The lowest BCUT2D eigenvalue weighted by Gasteiger charge is -2.13. The van der Waals surface area contributed by atoms with Crippen LogP contribution in [0, 0.1) is 5.82 Å². The van der Waals surface area contributed by atoms with E-state index in [-0.39, 0.29) is 12.4 Å². The van der Waals surface area contributed by atoms with Gasteiger partial charge in [0.05, 0.1) is 25.5 Å². The minimum Gasteiger partial charge on any atom is -0.496 e. The van der Waals surface area contributed by atoms with Crippen LogP contribution in [0.2, 0.25) is 0 Å². The Hall–Kier alpha value is -4.39. The van der Waals surface area contributed by atoms with E-state index in [2.05, 4.69) is 10.5 Å². The summed E-state index contributed by atoms with van der Waals surface area (Å²) in [7, 11) is 1.52. The first-order chi connectivity index (χ1) is 17.1. The van der Waals surface area contributed by atoms with Crippen LogP contribution < -0.4 is 19.6 Å². The van der Waals surface area contributed by atoms with Crippen molar-refractivity contribution in [2.24, 2.45) is 5.10 Å². The molecule has 0 unspecified atom stereocenters. The van der Waals surface area contributed by atoms with E-state index in [9.17, 15) is 9.18 Å². The van der Waals surface area contributed by atoms with Gasteiger partial charge in [-0.3, -0.25) is 4.79 Å². The van der Waals surface area contributed by atoms with Crippen LogP contribution in [0.3, 0.4) is 0 Å². The molecular weight excluding hydrogens is 447 g/mol. The molecule has 0 radical (unpaired) electrons. The average molecular weight is 473 g/mol. The summed E-state index contributed by atoms with van der Waals surface area (Å²) < 4.78 is 30.7. The molecule has 0 heterocycles. The van der Waals surface area contributed by atoms with Crippen molar-refractivity contribution in [1.29, 1.82) is 0 Å². The molecule has 0 fully saturated rings. The van der Waals surface area contributed by atoms with Crippen molar-refractivity contribution in [2.75, 3.05) is 13.7 Å². The Labute approximate surface area is 202 Å². The second-order valence-corrected chi connectivity index (χ2v) is 7.62. The summed E-state index contributed by atoms with van der Waals surface area (Å²) in [6, 6.07) is 23.0. The number of carbonyl (C=O) groups excluding carboxylic acids is 1. The maximum Gasteiger partial charge on any atom is 0.275 e. The van der Waals surface area contributed by atoms with E-state index in [4.69, 9.17) is 14.2 Å². The van der Waals surface area contributed by atoms with Gasteiger partial charge in [-0.1, -0.05) is 42.5 Å². The van der Waals surface area contributed by atoms with Crippen LogP contribution in [-0.2, 0) is 6.61 Å². The Morgan fingerprint density at radius 2 is 1.66 bits per heavy atom. The van der Waals surface area contributed by atoms with Crippen LogP contribution in [-0.4, -0.2) is 25.8 Å². The van der Waals surface area contributed by atoms with Gasteiger partial charge >= 0.3 is 0 Å². The third-order valence-electron chi connectivity index (χ3n) is 5.30. The third-order valence-corrected chi connectivity index (χ3v) is 5.30. The summed E-state index contributed by atoms with van der Waals surface area (Å²) >= 11 is 0. The van der Waals surface area contributed by atoms with Gasteiger partial charge in [0.2, 0.25) is 0 Å². The normalized spacial score (nSPS) is 10.9. The molecule has 0 aliphatic rings. The lowest BCUT2D eigenvalue weighted by molar-refractivity contribution is 0.0952. The van der Waals surface area contributed by atoms with E-state index in [1.165, 1.54) is 19.4 Å². The fraction of sp³-hybridized carbons (Fsp3) is 0.143. The third kappa shape index (κ3) is 5.76. The number of nitrogens with one attached hydrogen (secondary N) is 1. The van der Waals surface area contributed by atoms with Gasteiger partial charge in [-0.25, -0.2) is 9.82 Å². The Morgan fingerprint density at radius 1 is 0.914 bits per heavy atom. The van der Waals surface area contributed by atoms with Crippen LogP contribution in [0.5, 0.6) is 17.2 Å². The zero-order chi connectivity index (χ0) is 24.6. The first-order valence-electron chi connectivity index (χ1n) is 11.1. The Kier molecular flexibility index (Phi) is 7.57. The van der Waals surface area contributed by atoms with Crippen LogP contribution >= 0.6 is 0 Å². The number of methoxy groups -OCH3 is 1. The molecule has 0 aliphatic heterocycles. The number of carbonyl (C=O) groups is 1. The summed E-state index contributed by atoms with van der Waals surface area (Å²) in [4.78, 5) is 12.7. The first kappa shape index (κ1) is 23.8. The minimum absolute atomic E-state index is 0.0732. The molecule has 4 rings (SSSR count). The average Bonchev–Trinajstić information content (AvgIpc) is 2.88. The molecule has 35 heavy (non-hydrogen) atoms. The van der Waals surface area contributed by atoms with Gasteiger partial charge in [-0.05, 0) is 59.7 Å². The molecule has 4 aromatic carbocycles. The lowest BCUT2D eigenvalue weighted by atomic mass is 10.1. The largest absolute Gasteiger partial charge is 0.496 e. The zero-order valence-corrected chi connectivity index (χ0v) is 19.5. The molecule has 0 saturated heterocycles. The van der Waals surface area contributed by atoms with Crippen LogP contribution in [0.25, 0.3) is 10.8 Å². The summed E-state index contributed by atoms with van der Waals surface area (Å²) in [5.41, 5.74) is 4.07. The Bertz CT molecular complexity index is 1370. The number of fused-ring (bicyclic) bond motifs is 1. The van der Waals surface area contributed by atoms with Gasteiger partial charge in [0.15, 0.2) is 11.5 Å². The predicted octanol–water partition coefficient (Wildman–Crippen LogP) is 5.73. The second kappa shape index (κ2) is 11.2. The van der Waals surface area contributed by atoms with Crippen LogP contribution in [0.1, 0.15) is 28.4 Å². The van der Waals surface area contributed by atoms with E-state index >= 15 is 0 Å². The van der Waals surface area contributed by atoms with E-state index in [0.717, 1.165) is 10.8 Å². The standard InChI is InChI=1S/C28H25FN2O4/c1-3-34-27-14-19(12-13-25(27)35-18-22-10-6-7-11-24(22)29)17-30-31-28(32)23-15-20-8-4-5-9-21(20)16-26(23)33-2/h4-17H,3,18H2,1-2H3,(H,31,32). The number of rotatable bonds is 9. The van der Waals surface area contributed by atoms with Crippen molar-refractivity contribution in [2.45, 2.75) is 13.5 Å². The van der Waals surface area contributed by atoms with Crippen molar-refractivity contribution in [1.82, 2.24) is 5.43 Å². The van der Waals surface area contributed by atoms with E-state index in [0.29, 0.717) is 40.5 Å². The minimum atomic E-state index is -0.390.